The highest BCUT2D eigenvalue weighted by atomic mass is 16.5. The third-order valence-electron chi connectivity index (χ3n) is 3.74. The van der Waals surface area contributed by atoms with Gasteiger partial charge in [-0.1, -0.05) is 27.7 Å². The van der Waals surface area contributed by atoms with Gasteiger partial charge in [0.15, 0.2) is 0 Å². The fourth-order valence-electron chi connectivity index (χ4n) is 2.89. The fraction of sp³-hybridized carbons (Fsp3) is 1.00. The summed E-state index contributed by atoms with van der Waals surface area (Å²) in [6, 6.07) is 0.414. The minimum absolute atomic E-state index is 0.100. The van der Waals surface area contributed by atoms with Crippen molar-refractivity contribution in [1.82, 2.24) is 5.32 Å². The van der Waals surface area contributed by atoms with Crippen LogP contribution in [-0.2, 0) is 4.74 Å². The summed E-state index contributed by atoms with van der Waals surface area (Å²) in [6.45, 7) is 9.85. The Morgan fingerprint density at radius 2 is 2.06 bits per heavy atom. The molecule has 2 atom stereocenters. The van der Waals surface area contributed by atoms with Gasteiger partial charge in [-0.25, -0.2) is 0 Å². The molecule has 0 amide bonds. The first-order chi connectivity index (χ1) is 8.47. The maximum absolute atomic E-state index is 9.61. The predicted molar refractivity (Wildman–Crippen MR) is 75.8 cm³/mol. The van der Waals surface area contributed by atoms with Crippen molar-refractivity contribution in [3.8, 4) is 0 Å². The van der Waals surface area contributed by atoms with Gasteiger partial charge in [0, 0.05) is 18.2 Å². The van der Waals surface area contributed by atoms with Crippen molar-refractivity contribution >= 4 is 0 Å². The van der Waals surface area contributed by atoms with Crippen molar-refractivity contribution in [1.29, 1.82) is 0 Å². The number of ether oxygens (including phenoxy) is 1. The van der Waals surface area contributed by atoms with Gasteiger partial charge in [-0.3, -0.25) is 0 Å². The summed E-state index contributed by atoms with van der Waals surface area (Å²) in [6.07, 6.45) is 5.76. The number of hydrogen-bond acceptors (Lipinski definition) is 3. The lowest BCUT2D eigenvalue weighted by atomic mass is 9.97. The molecule has 3 heteroatoms. The van der Waals surface area contributed by atoms with E-state index in [0.717, 1.165) is 38.2 Å². The van der Waals surface area contributed by atoms with E-state index in [1.54, 1.807) is 0 Å². The summed E-state index contributed by atoms with van der Waals surface area (Å²) in [5, 5.41) is 13.1. The van der Waals surface area contributed by atoms with E-state index in [9.17, 15) is 5.11 Å². The Balaban J connectivity index is 2.26. The Labute approximate surface area is 112 Å². The van der Waals surface area contributed by atoms with Crippen molar-refractivity contribution in [2.75, 3.05) is 13.2 Å². The number of hydrogen-bond donors (Lipinski definition) is 2. The van der Waals surface area contributed by atoms with Crippen LogP contribution in [0.5, 0.6) is 0 Å². The van der Waals surface area contributed by atoms with Crippen LogP contribution in [0, 0.1) is 5.92 Å². The van der Waals surface area contributed by atoms with Crippen LogP contribution in [0.3, 0.4) is 0 Å². The van der Waals surface area contributed by atoms with Gasteiger partial charge < -0.3 is 15.2 Å². The van der Waals surface area contributed by atoms with Gasteiger partial charge in [0.05, 0.1) is 12.7 Å². The first-order valence-corrected chi connectivity index (χ1v) is 7.47. The molecule has 0 saturated heterocycles. The molecule has 0 aromatic heterocycles. The molecule has 1 rings (SSSR count). The predicted octanol–water partition coefficient (Wildman–Crippen LogP) is 2.72. The second-order valence-corrected chi connectivity index (χ2v) is 6.51. The summed E-state index contributed by atoms with van der Waals surface area (Å²) in [4.78, 5) is 0. The molecule has 0 radical (unpaired) electrons. The molecule has 0 aliphatic heterocycles. The molecule has 1 saturated carbocycles. The molecule has 1 aliphatic rings. The summed E-state index contributed by atoms with van der Waals surface area (Å²) < 4.78 is 5.94. The van der Waals surface area contributed by atoms with Crippen molar-refractivity contribution in [2.45, 2.75) is 77.5 Å². The largest absolute Gasteiger partial charge is 0.394 e. The Kier molecular flexibility index (Phi) is 6.61. The lowest BCUT2D eigenvalue weighted by molar-refractivity contribution is 0.0425. The summed E-state index contributed by atoms with van der Waals surface area (Å²) >= 11 is 0. The summed E-state index contributed by atoms with van der Waals surface area (Å²) in [5.41, 5.74) is -0.100. The maximum atomic E-state index is 9.61. The third-order valence-corrected chi connectivity index (χ3v) is 3.74. The van der Waals surface area contributed by atoms with Gasteiger partial charge >= 0.3 is 0 Å². The van der Waals surface area contributed by atoms with Crippen molar-refractivity contribution in [2.24, 2.45) is 5.92 Å². The number of nitrogens with one attached hydrogen (secondary N) is 1. The smallest absolute Gasteiger partial charge is 0.0614 e. The molecule has 2 unspecified atom stereocenters. The zero-order valence-electron chi connectivity index (χ0n) is 12.5. The minimum Gasteiger partial charge on any atom is -0.394 e. The van der Waals surface area contributed by atoms with Crippen LogP contribution >= 0.6 is 0 Å². The molecule has 0 heterocycles. The lowest BCUT2D eigenvalue weighted by Gasteiger charge is -2.31. The van der Waals surface area contributed by atoms with Gasteiger partial charge in [-0.05, 0) is 38.0 Å². The quantitative estimate of drug-likeness (QED) is 0.657. The fourth-order valence-corrected chi connectivity index (χ4v) is 2.89. The molecular formula is C15H31NO2. The summed E-state index contributed by atoms with van der Waals surface area (Å²) in [7, 11) is 0. The van der Waals surface area contributed by atoms with Crippen LogP contribution in [0.1, 0.15) is 59.8 Å². The van der Waals surface area contributed by atoms with Crippen LogP contribution in [0.25, 0.3) is 0 Å². The van der Waals surface area contributed by atoms with E-state index in [4.69, 9.17) is 4.74 Å². The SMILES string of the molecule is CC(C)CCCOC1CCC(CO)(NC(C)C)C1. The molecule has 0 bridgehead atoms. The highest BCUT2D eigenvalue weighted by Gasteiger charge is 2.39. The molecule has 0 aromatic carbocycles. The van der Waals surface area contributed by atoms with Gasteiger partial charge in [0.25, 0.3) is 0 Å². The van der Waals surface area contributed by atoms with Crippen molar-refractivity contribution < 1.29 is 9.84 Å². The molecule has 108 valence electrons. The van der Waals surface area contributed by atoms with E-state index in [-0.39, 0.29) is 12.1 Å². The van der Waals surface area contributed by atoms with Crippen molar-refractivity contribution in [3.63, 3.8) is 0 Å². The molecule has 18 heavy (non-hydrogen) atoms. The molecule has 0 spiro atoms. The third kappa shape index (κ3) is 5.25. The Bertz CT molecular complexity index is 231. The highest BCUT2D eigenvalue weighted by molar-refractivity contribution is 4.97. The van der Waals surface area contributed by atoms with Crippen LogP contribution in [0.2, 0.25) is 0 Å². The first-order valence-electron chi connectivity index (χ1n) is 7.47. The molecular weight excluding hydrogens is 226 g/mol. The van der Waals surface area contributed by atoms with Crippen LogP contribution in [-0.4, -0.2) is 36.0 Å². The molecule has 3 nitrogen and oxygen atoms in total. The normalized spacial score (nSPS) is 28.5. The zero-order chi connectivity index (χ0) is 13.6. The Morgan fingerprint density at radius 3 is 2.61 bits per heavy atom. The maximum Gasteiger partial charge on any atom is 0.0614 e. The highest BCUT2D eigenvalue weighted by Crippen LogP contribution is 2.32. The average molecular weight is 257 g/mol. The van der Waals surface area contributed by atoms with Crippen molar-refractivity contribution in [3.05, 3.63) is 0 Å². The van der Waals surface area contributed by atoms with E-state index in [2.05, 4.69) is 33.0 Å². The molecule has 1 fully saturated rings. The van der Waals surface area contributed by atoms with E-state index in [0.29, 0.717) is 12.1 Å². The topological polar surface area (TPSA) is 41.5 Å². The van der Waals surface area contributed by atoms with E-state index >= 15 is 0 Å². The van der Waals surface area contributed by atoms with Gasteiger partial charge in [-0.15, -0.1) is 0 Å². The Hall–Kier alpha value is -0.120. The molecule has 0 aromatic rings. The van der Waals surface area contributed by atoms with E-state index in [1.165, 1.54) is 6.42 Å². The average Bonchev–Trinajstić information content (AvgIpc) is 2.68. The van der Waals surface area contributed by atoms with Crippen LogP contribution in [0.4, 0.5) is 0 Å². The lowest BCUT2D eigenvalue weighted by Crippen LogP contribution is -2.50. The van der Waals surface area contributed by atoms with E-state index < -0.39 is 0 Å². The molecule has 2 N–H and O–H groups in total. The number of rotatable bonds is 8. The second kappa shape index (κ2) is 7.46. The van der Waals surface area contributed by atoms with Gasteiger partial charge in [0.1, 0.15) is 0 Å². The minimum atomic E-state index is -0.100. The summed E-state index contributed by atoms with van der Waals surface area (Å²) in [5.74, 6) is 0.760. The standard InChI is InChI=1S/C15H31NO2/c1-12(2)6-5-9-18-14-7-8-15(10-14,11-17)16-13(3)4/h12-14,16-17H,5-11H2,1-4H3. The first kappa shape index (κ1) is 15.9. The number of aliphatic hydroxyl groups excluding tert-OH is 1. The second-order valence-electron chi connectivity index (χ2n) is 6.51. The monoisotopic (exact) mass is 257 g/mol. The van der Waals surface area contributed by atoms with Gasteiger partial charge in [-0.2, -0.15) is 0 Å². The van der Waals surface area contributed by atoms with Gasteiger partial charge in [0.2, 0.25) is 0 Å². The van der Waals surface area contributed by atoms with Crippen LogP contribution < -0.4 is 5.32 Å². The van der Waals surface area contributed by atoms with E-state index in [1.807, 2.05) is 0 Å². The van der Waals surface area contributed by atoms with Crippen LogP contribution in [0.15, 0.2) is 0 Å². The Morgan fingerprint density at radius 1 is 1.33 bits per heavy atom. The zero-order valence-corrected chi connectivity index (χ0v) is 12.5. The molecule has 1 aliphatic carbocycles. The number of aliphatic hydroxyl groups is 1.